The van der Waals surface area contributed by atoms with Crippen molar-refractivity contribution in [3.05, 3.63) is 192 Å². The molecule has 0 aliphatic rings. The first kappa shape index (κ1) is 25.7. The van der Waals surface area contributed by atoms with Gasteiger partial charge in [0.25, 0.3) is 0 Å². The minimum absolute atomic E-state index is 0. The van der Waals surface area contributed by atoms with Crippen molar-refractivity contribution >= 4 is 11.0 Å². The quantitative estimate of drug-likeness (QED) is 0.162. The Morgan fingerprint density at radius 1 is 0.537 bits per heavy atom. The molecule has 0 fully saturated rings. The number of aryl methyl sites for hydroxylation is 2. The van der Waals surface area contributed by atoms with E-state index in [4.69, 9.17) is 42.9 Å². The fourth-order valence-corrected chi connectivity index (χ4v) is 8.21. The fourth-order valence-electron chi connectivity index (χ4n) is 8.21. The molecule has 0 aliphatic heterocycles. The number of nitrogens with zero attached hydrogens (tertiary/aromatic N) is 3. The number of fused-ring (bicyclic) bond motifs is 1. The maximum atomic E-state index is 13.0. The van der Waals surface area contributed by atoms with E-state index in [2.05, 4.69) is 6.07 Å². The molecule has 0 radical (unpaired) electrons. The molecule has 340 valence electrons. The van der Waals surface area contributed by atoms with E-state index in [0.717, 1.165) is 15.7 Å². The van der Waals surface area contributed by atoms with Gasteiger partial charge in [-0.15, -0.1) is 29.3 Å². The van der Waals surface area contributed by atoms with Crippen molar-refractivity contribution in [3.63, 3.8) is 0 Å². The molecule has 0 atom stereocenters. The molecule has 1 N–H and O–H groups in total. The molecule has 9 rings (SSSR count). The second-order valence-electron chi connectivity index (χ2n) is 17.5. The van der Waals surface area contributed by atoms with Gasteiger partial charge in [-0.3, -0.25) is 9.55 Å². The Bertz CT molecular complexity index is 4110. The zero-order valence-electron chi connectivity index (χ0n) is 60.6. The third-order valence-electron chi connectivity index (χ3n) is 11.7. The van der Waals surface area contributed by atoms with Crippen LogP contribution in [0.5, 0.6) is 5.75 Å². The molecule has 0 amide bonds. The van der Waals surface area contributed by atoms with E-state index in [9.17, 15) is 5.11 Å². The molecule has 0 saturated carbocycles. The number of rotatable bonds is 7. The third kappa shape index (κ3) is 9.34. The standard InChI is InChI=1S/C62H60N3O.Pt/c1-39-25-26-44(42-21-16-13-17-22-42)35-51(39)45-29-30-63-54(36-45)47-32-46(33-48(34-47)60(3,4)5)50-23-18-24-56-57(50)64-59(52-37-49(61(6,7)8)38-53(58(52)66)62(9,10)11)65(56)55-28-27-43(31-40(55)2)41-19-14-12-15-20-41;/h12-31,33-38,66H,1-11H3;/q-1;/i1D3,2D3,6D3,7D3,8D3,9D3,10D3,11D3;. The summed E-state index contributed by atoms with van der Waals surface area (Å²) in [5, 5.41) is 13.0. The van der Waals surface area contributed by atoms with Crippen molar-refractivity contribution in [1.29, 1.82) is 0 Å². The summed E-state index contributed by atoms with van der Waals surface area (Å²) in [5.41, 5.74) is -8.38. The maximum Gasteiger partial charge on any atom is 0.148 e. The number of phenols is 1. The number of imidazole rings is 1. The Morgan fingerprint density at radius 2 is 1.19 bits per heavy atom. The van der Waals surface area contributed by atoms with Crippen molar-refractivity contribution in [3.8, 4) is 78.6 Å². The molecule has 2 aromatic heterocycles. The van der Waals surface area contributed by atoms with Gasteiger partial charge >= 0.3 is 0 Å². The number of benzene rings is 7. The summed E-state index contributed by atoms with van der Waals surface area (Å²) in [6.45, 7) is -25.0. The van der Waals surface area contributed by atoms with Crippen LogP contribution in [0.15, 0.2) is 158 Å². The van der Waals surface area contributed by atoms with E-state index in [1.807, 2.05) is 57.2 Å². The molecule has 7 aromatic carbocycles. The molecular formula is C62H60N3OPt-. The number of pyridine rings is 1. The Labute approximate surface area is 445 Å². The molecule has 4 nitrogen and oxygen atoms in total. The smallest absolute Gasteiger partial charge is 0.148 e. The number of para-hydroxylation sites is 1. The second kappa shape index (κ2) is 18.0. The predicted octanol–water partition coefficient (Wildman–Crippen LogP) is 16.4. The summed E-state index contributed by atoms with van der Waals surface area (Å²) in [7, 11) is 0. The van der Waals surface area contributed by atoms with Crippen molar-refractivity contribution in [2.75, 3.05) is 0 Å². The van der Waals surface area contributed by atoms with E-state index in [0.29, 0.717) is 45.1 Å². The van der Waals surface area contributed by atoms with Gasteiger partial charge in [0.2, 0.25) is 0 Å². The predicted molar refractivity (Wildman–Crippen MR) is 278 cm³/mol. The van der Waals surface area contributed by atoms with Gasteiger partial charge in [0.1, 0.15) is 11.6 Å². The van der Waals surface area contributed by atoms with Crippen LogP contribution in [0.3, 0.4) is 0 Å². The zero-order chi connectivity index (χ0) is 66.7. The molecule has 0 aliphatic carbocycles. The second-order valence-corrected chi connectivity index (χ2v) is 17.5. The van der Waals surface area contributed by atoms with Crippen LogP contribution in [-0.4, -0.2) is 19.6 Å². The number of hydrogen-bond donors (Lipinski definition) is 1. The van der Waals surface area contributed by atoms with Crippen molar-refractivity contribution in [2.24, 2.45) is 0 Å². The maximum absolute atomic E-state index is 13.0. The number of hydrogen-bond acceptors (Lipinski definition) is 3. The van der Waals surface area contributed by atoms with Crippen LogP contribution in [0.1, 0.15) is 123 Å². The van der Waals surface area contributed by atoms with Gasteiger partial charge in [0.05, 0.1) is 22.3 Å². The molecule has 9 aromatic rings. The van der Waals surface area contributed by atoms with Crippen LogP contribution in [0.4, 0.5) is 0 Å². The Kier molecular flexibility index (Phi) is 6.92. The zero-order valence-corrected chi connectivity index (χ0v) is 38.9. The first-order chi connectivity index (χ1) is 41.3. The number of aromatic nitrogens is 3. The molecule has 0 saturated heterocycles. The molecule has 5 heteroatoms. The minimum Gasteiger partial charge on any atom is -0.507 e. The van der Waals surface area contributed by atoms with Crippen LogP contribution in [-0.2, 0) is 37.3 Å². The van der Waals surface area contributed by atoms with Crippen LogP contribution >= 0.6 is 0 Å². The van der Waals surface area contributed by atoms with Gasteiger partial charge in [0, 0.05) is 71.4 Å². The molecule has 67 heavy (non-hydrogen) atoms. The van der Waals surface area contributed by atoms with Gasteiger partial charge in [-0.05, 0) is 116 Å². The van der Waals surface area contributed by atoms with E-state index < -0.39 is 105 Å². The average Bonchev–Trinajstić information content (AvgIpc) is 1.11. The van der Waals surface area contributed by atoms with E-state index in [1.54, 1.807) is 84.9 Å². The summed E-state index contributed by atoms with van der Waals surface area (Å²) in [5.74, 6) is -2.23. The summed E-state index contributed by atoms with van der Waals surface area (Å²) in [6, 6.07) is 43.2. The summed E-state index contributed by atoms with van der Waals surface area (Å²) in [4.78, 5) is 9.76. The van der Waals surface area contributed by atoms with Crippen molar-refractivity contribution in [1.82, 2.24) is 14.5 Å². The topological polar surface area (TPSA) is 50.9 Å². The third-order valence-corrected chi connectivity index (χ3v) is 11.7. The SMILES string of the molecule is [2H]C([2H])([2H])c1ccc(-c2ccccc2)cc1-c1ccnc(-c2[c-]c(-c3cccc4c3nc(-c3cc(C(C([2H])([2H])[2H])(C([2H])([2H])[2H])C([2H])([2H])[2H])cc(C(C([2H])([2H])[2H])(C([2H])([2H])[2H])C([2H])([2H])[2H])c3O)n4-c3ccc(-c4ccccc4)cc3C([2H])([2H])[2H])cc(C(C)(C)C)c2)c1.[Pt]. The van der Waals surface area contributed by atoms with Gasteiger partial charge < -0.3 is 5.11 Å². The Hall–Kier alpha value is -6.35. The average molecular weight is 1080 g/mol. The monoisotopic (exact) mass is 1080 g/mol. The summed E-state index contributed by atoms with van der Waals surface area (Å²) < 4.78 is 211. The molecule has 0 spiro atoms. The number of aromatic hydroxyl groups is 1. The fraction of sp³-hybridized carbons (Fsp3) is 0.226. The molecular weight excluding hydrogens is 998 g/mol. The van der Waals surface area contributed by atoms with E-state index in [-0.39, 0.29) is 60.5 Å². The molecule has 0 bridgehead atoms. The largest absolute Gasteiger partial charge is 0.507 e. The van der Waals surface area contributed by atoms with Gasteiger partial charge in [-0.2, -0.15) is 0 Å². The minimum atomic E-state index is -4.27. The Balaban J connectivity index is 0.0000107. The van der Waals surface area contributed by atoms with Crippen LogP contribution < -0.4 is 0 Å². The van der Waals surface area contributed by atoms with E-state index in [1.165, 1.54) is 24.4 Å². The van der Waals surface area contributed by atoms with Crippen LogP contribution in [0.2, 0.25) is 0 Å². The first-order valence-corrected chi connectivity index (χ1v) is 21.1. The molecule has 0 unspecified atom stereocenters. The normalized spacial score (nSPS) is 18.9. The molecule has 2 heterocycles. The van der Waals surface area contributed by atoms with Crippen molar-refractivity contribution < 1.29 is 59.1 Å². The van der Waals surface area contributed by atoms with Gasteiger partial charge in [-0.25, -0.2) is 4.98 Å². The van der Waals surface area contributed by atoms with Crippen molar-refractivity contribution in [2.45, 2.75) is 91.8 Å². The number of phenolic OH excluding ortho intramolecular Hbond substituents is 1. The summed E-state index contributed by atoms with van der Waals surface area (Å²) in [6.07, 6.45) is 1.52. The first-order valence-electron chi connectivity index (χ1n) is 33.1. The van der Waals surface area contributed by atoms with Crippen LogP contribution in [0.25, 0.3) is 83.9 Å². The Morgan fingerprint density at radius 3 is 1.87 bits per heavy atom. The van der Waals surface area contributed by atoms with Gasteiger partial charge in [0.15, 0.2) is 0 Å². The summed E-state index contributed by atoms with van der Waals surface area (Å²) >= 11 is 0. The van der Waals surface area contributed by atoms with Crippen LogP contribution in [0, 0.1) is 19.8 Å². The van der Waals surface area contributed by atoms with Gasteiger partial charge in [-0.1, -0.05) is 176 Å². The van der Waals surface area contributed by atoms with E-state index >= 15 is 0 Å².